The van der Waals surface area contributed by atoms with Gasteiger partial charge in [-0.15, -0.1) is 24.0 Å². The third-order valence-corrected chi connectivity index (χ3v) is 5.42. The normalized spacial score (nSPS) is 28.0. The number of ether oxygens (including phenoxy) is 2. The van der Waals surface area contributed by atoms with E-state index in [1.165, 1.54) is 19.3 Å². The molecule has 1 saturated carbocycles. The SMILES string of the molecule is CCNC(=NCCCOC1CCOCC1)NC1CC(C)N(C2CC2)C1.I. The minimum atomic E-state index is 0. The van der Waals surface area contributed by atoms with Gasteiger partial charge in [0.2, 0.25) is 0 Å². The highest BCUT2D eigenvalue weighted by molar-refractivity contribution is 14.0. The predicted octanol–water partition coefficient (Wildman–Crippen LogP) is 2.37. The molecule has 6 nitrogen and oxygen atoms in total. The van der Waals surface area contributed by atoms with Crippen molar-refractivity contribution in [2.24, 2.45) is 4.99 Å². The number of halogens is 1. The zero-order valence-electron chi connectivity index (χ0n) is 16.4. The van der Waals surface area contributed by atoms with Crippen LogP contribution in [0.15, 0.2) is 4.99 Å². The van der Waals surface area contributed by atoms with E-state index in [0.29, 0.717) is 18.2 Å². The number of hydrogen-bond acceptors (Lipinski definition) is 4. The molecule has 2 saturated heterocycles. The summed E-state index contributed by atoms with van der Waals surface area (Å²) >= 11 is 0. The van der Waals surface area contributed by atoms with E-state index in [-0.39, 0.29) is 24.0 Å². The van der Waals surface area contributed by atoms with E-state index in [0.717, 1.165) is 70.7 Å². The Hall–Kier alpha value is -0.120. The fraction of sp³-hybridized carbons (Fsp3) is 0.947. The number of guanidine groups is 1. The number of hydrogen-bond donors (Lipinski definition) is 2. The lowest BCUT2D eigenvalue weighted by Gasteiger charge is -2.22. The Balaban J connectivity index is 0.00000243. The van der Waals surface area contributed by atoms with Gasteiger partial charge in [-0.05, 0) is 52.4 Å². The Morgan fingerprint density at radius 3 is 2.69 bits per heavy atom. The molecule has 0 bridgehead atoms. The molecule has 1 aliphatic carbocycles. The maximum atomic E-state index is 5.92. The number of rotatable bonds is 8. The van der Waals surface area contributed by atoms with E-state index in [9.17, 15) is 0 Å². The molecule has 2 aliphatic heterocycles. The summed E-state index contributed by atoms with van der Waals surface area (Å²) in [7, 11) is 0. The van der Waals surface area contributed by atoms with E-state index < -0.39 is 0 Å². The topological polar surface area (TPSA) is 58.1 Å². The lowest BCUT2D eigenvalue weighted by Crippen LogP contribution is -2.44. The first-order valence-electron chi connectivity index (χ1n) is 10.3. The van der Waals surface area contributed by atoms with Crippen molar-refractivity contribution in [3.05, 3.63) is 0 Å². The zero-order valence-corrected chi connectivity index (χ0v) is 18.7. The average Bonchev–Trinajstić information content (AvgIpc) is 3.39. The lowest BCUT2D eigenvalue weighted by molar-refractivity contribution is -0.0318. The molecular weight excluding hydrogens is 443 g/mol. The Bertz CT molecular complexity index is 428. The van der Waals surface area contributed by atoms with Crippen LogP contribution in [0.1, 0.15) is 52.4 Å². The Morgan fingerprint density at radius 1 is 1.23 bits per heavy atom. The Morgan fingerprint density at radius 2 is 2.00 bits per heavy atom. The first-order valence-corrected chi connectivity index (χ1v) is 10.3. The molecule has 0 radical (unpaired) electrons. The summed E-state index contributed by atoms with van der Waals surface area (Å²) in [6, 6.07) is 2.07. The van der Waals surface area contributed by atoms with Gasteiger partial charge in [-0.1, -0.05) is 0 Å². The second-order valence-corrected chi connectivity index (χ2v) is 7.65. The highest BCUT2D eigenvalue weighted by Crippen LogP contribution is 2.33. The van der Waals surface area contributed by atoms with Gasteiger partial charge in [0, 0.05) is 57.6 Å². The van der Waals surface area contributed by atoms with Crippen LogP contribution in [0.4, 0.5) is 0 Å². The zero-order chi connectivity index (χ0) is 17.5. The van der Waals surface area contributed by atoms with Crippen LogP contribution in [0, 0.1) is 0 Å². The molecule has 2 unspecified atom stereocenters. The second-order valence-electron chi connectivity index (χ2n) is 7.65. The molecule has 2 heterocycles. The standard InChI is InChI=1S/C19H36N4O2.HI/c1-3-20-19(21-9-4-10-25-18-7-11-24-12-8-18)22-16-13-15(2)23(14-16)17-5-6-17;/h15-18H,3-14H2,1-2H3,(H2,20,21,22);1H. The van der Waals surface area contributed by atoms with Gasteiger partial charge in [-0.25, -0.2) is 0 Å². The van der Waals surface area contributed by atoms with Crippen LogP contribution in [0.5, 0.6) is 0 Å². The van der Waals surface area contributed by atoms with E-state index in [2.05, 4.69) is 29.4 Å². The first kappa shape index (κ1) is 22.2. The number of nitrogens with one attached hydrogen (secondary N) is 2. The lowest BCUT2D eigenvalue weighted by atomic mass is 10.1. The van der Waals surface area contributed by atoms with Crippen LogP contribution in [-0.2, 0) is 9.47 Å². The average molecular weight is 480 g/mol. The molecule has 0 aromatic carbocycles. The van der Waals surface area contributed by atoms with Gasteiger partial charge in [0.15, 0.2) is 5.96 Å². The number of likely N-dealkylation sites (tertiary alicyclic amines) is 1. The minimum absolute atomic E-state index is 0. The smallest absolute Gasteiger partial charge is 0.191 e. The summed E-state index contributed by atoms with van der Waals surface area (Å²) in [4.78, 5) is 7.41. The molecule has 2 N–H and O–H groups in total. The van der Waals surface area contributed by atoms with Gasteiger partial charge in [-0.3, -0.25) is 9.89 Å². The van der Waals surface area contributed by atoms with Gasteiger partial charge in [0.05, 0.1) is 6.10 Å². The van der Waals surface area contributed by atoms with Crippen LogP contribution < -0.4 is 10.6 Å². The van der Waals surface area contributed by atoms with Gasteiger partial charge in [0.25, 0.3) is 0 Å². The first-order chi connectivity index (χ1) is 12.3. The molecular formula is C19H37IN4O2. The summed E-state index contributed by atoms with van der Waals surface area (Å²) in [6.07, 6.45) is 7.42. The highest BCUT2D eigenvalue weighted by Gasteiger charge is 2.38. The molecule has 0 aromatic rings. The van der Waals surface area contributed by atoms with Gasteiger partial charge >= 0.3 is 0 Å². The molecule has 3 rings (SSSR count). The van der Waals surface area contributed by atoms with Gasteiger partial charge < -0.3 is 20.1 Å². The Kier molecular flexibility index (Phi) is 9.94. The van der Waals surface area contributed by atoms with Crippen molar-refractivity contribution in [2.45, 2.75) is 76.6 Å². The van der Waals surface area contributed by atoms with Crippen molar-refractivity contribution in [3.8, 4) is 0 Å². The molecule has 26 heavy (non-hydrogen) atoms. The summed E-state index contributed by atoms with van der Waals surface area (Å²) < 4.78 is 11.3. The van der Waals surface area contributed by atoms with Crippen molar-refractivity contribution in [3.63, 3.8) is 0 Å². The van der Waals surface area contributed by atoms with Crippen LogP contribution >= 0.6 is 24.0 Å². The third kappa shape index (κ3) is 7.13. The quantitative estimate of drug-likeness (QED) is 0.242. The van der Waals surface area contributed by atoms with Crippen LogP contribution in [0.25, 0.3) is 0 Å². The third-order valence-electron chi connectivity index (χ3n) is 5.42. The highest BCUT2D eigenvalue weighted by atomic mass is 127. The molecule has 3 aliphatic rings. The summed E-state index contributed by atoms with van der Waals surface area (Å²) in [5, 5.41) is 7.03. The van der Waals surface area contributed by atoms with Crippen molar-refractivity contribution >= 4 is 29.9 Å². The molecule has 2 atom stereocenters. The number of aliphatic imine (C=N–C) groups is 1. The monoisotopic (exact) mass is 480 g/mol. The van der Waals surface area contributed by atoms with Crippen LogP contribution in [0.3, 0.4) is 0 Å². The van der Waals surface area contributed by atoms with Gasteiger partial charge in [-0.2, -0.15) is 0 Å². The van der Waals surface area contributed by atoms with Crippen LogP contribution in [-0.4, -0.2) is 74.5 Å². The Labute approximate surface area is 175 Å². The van der Waals surface area contributed by atoms with E-state index >= 15 is 0 Å². The van der Waals surface area contributed by atoms with Crippen molar-refractivity contribution in [1.82, 2.24) is 15.5 Å². The summed E-state index contributed by atoms with van der Waals surface area (Å²) in [6.45, 7) is 9.83. The minimum Gasteiger partial charge on any atom is -0.381 e. The summed E-state index contributed by atoms with van der Waals surface area (Å²) in [5.74, 6) is 0.961. The fourth-order valence-electron chi connectivity index (χ4n) is 3.94. The second kappa shape index (κ2) is 11.7. The maximum Gasteiger partial charge on any atom is 0.191 e. The fourth-order valence-corrected chi connectivity index (χ4v) is 3.94. The molecule has 152 valence electrons. The largest absolute Gasteiger partial charge is 0.381 e. The molecule has 7 heteroatoms. The van der Waals surface area contributed by atoms with Crippen molar-refractivity contribution < 1.29 is 9.47 Å². The van der Waals surface area contributed by atoms with E-state index in [1.807, 2.05) is 0 Å². The van der Waals surface area contributed by atoms with Gasteiger partial charge in [0.1, 0.15) is 0 Å². The molecule has 0 spiro atoms. The van der Waals surface area contributed by atoms with E-state index in [4.69, 9.17) is 14.5 Å². The predicted molar refractivity (Wildman–Crippen MR) is 117 cm³/mol. The maximum absolute atomic E-state index is 5.92. The van der Waals surface area contributed by atoms with Crippen molar-refractivity contribution in [1.29, 1.82) is 0 Å². The van der Waals surface area contributed by atoms with Crippen molar-refractivity contribution in [2.75, 3.05) is 39.5 Å². The van der Waals surface area contributed by atoms with Crippen LogP contribution in [0.2, 0.25) is 0 Å². The number of nitrogens with zero attached hydrogens (tertiary/aromatic N) is 2. The molecule has 0 aromatic heterocycles. The van der Waals surface area contributed by atoms with E-state index in [1.54, 1.807) is 0 Å². The summed E-state index contributed by atoms with van der Waals surface area (Å²) in [5.41, 5.74) is 0. The molecule has 0 amide bonds. The molecule has 3 fully saturated rings.